The Kier molecular flexibility index (Phi) is 5.51. The van der Waals surface area contributed by atoms with Crippen molar-refractivity contribution < 1.29 is 13.2 Å². The maximum Gasteiger partial charge on any atom is 0.244 e. The van der Waals surface area contributed by atoms with Crippen molar-refractivity contribution in [1.82, 2.24) is 15.1 Å². The summed E-state index contributed by atoms with van der Waals surface area (Å²) >= 11 is 0. The maximum atomic E-state index is 12.1. The predicted octanol–water partition coefficient (Wildman–Crippen LogP) is 2.17. The zero-order valence-corrected chi connectivity index (χ0v) is 16.7. The van der Waals surface area contributed by atoms with E-state index in [4.69, 9.17) is 0 Å². The average Bonchev–Trinajstić information content (AvgIpc) is 3.07. The van der Waals surface area contributed by atoms with Crippen LogP contribution in [0.1, 0.15) is 34.5 Å². The fraction of sp³-hybridized carbons (Fsp3) is 0.400. The highest BCUT2D eigenvalue weighted by Crippen LogP contribution is 2.17. The Morgan fingerprint density at radius 2 is 1.96 bits per heavy atom. The number of aryl methyl sites for hydroxylation is 2. The molecule has 1 amide bonds. The molecule has 0 saturated carbocycles. The lowest BCUT2D eigenvalue weighted by Gasteiger charge is -2.08. The van der Waals surface area contributed by atoms with E-state index in [-0.39, 0.29) is 23.5 Å². The quantitative estimate of drug-likeness (QED) is 0.798. The van der Waals surface area contributed by atoms with Gasteiger partial charge in [0.15, 0.2) is 9.84 Å². The fourth-order valence-electron chi connectivity index (χ4n) is 3.29. The first-order chi connectivity index (χ1) is 12.7. The lowest BCUT2D eigenvalue weighted by Crippen LogP contribution is -2.34. The van der Waals surface area contributed by atoms with Crippen LogP contribution >= 0.6 is 0 Å². The van der Waals surface area contributed by atoms with Gasteiger partial charge in [-0.3, -0.25) is 9.48 Å². The third kappa shape index (κ3) is 4.86. The second kappa shape index (κ2) is 7.68. The van der Waals surface area contributed by atoms with Crippen molar-refractivity contribution in [2.24, 2.45) is 0 Å². The van der Waals surface area contributed by atoms with Gasteiger partial charge >= 0.3 is 0 Å². The van der Waals surface area contributed by atoms with Gasteiger partial charge < -0.3 is 5.32 Å². The van der Waals surface area contributed by atoms with E-state index < -0.39 is 9.84 Å². The Morgan fingerprint density at radius 1 is 1.26 bits per heavy atom. The molecule has 0 radical (unpaired) electrons. The molecule has 0 spiro atoms. The van der Waals surface area contributed by atoms with Crippen LogP contribution in [-0.4, -0.2) is 41.7 Å². The molecule has 27 heavy (non-hydrogen) atoms. The van der Waals surface area contributed by atoms with Gasteiger partial charge in [-0.2, -0.15) is 5.10 Å². The number of carbonyl (C=O) groups excluding carboxylic acids is 1. The minimum atomic E-state index is -3.00. The number of amides is 1. The Morgan fingerprint density at radius 3 is 2.59 bits per heavy atom. The summed E-state index contributed by atoms with van der Waals surface area (Å²) in [5.41, 5.74) is 5.14. The van der Waals surface area contributed by atoms with E-state index in [0.29, 0.717) is 13.0 Å². The summed E-state index contributed by atoms with van der Waals surface area (Å²) < 4.78 is 24.9. The van der Waals surface area contributed by atoms with E-state index in [2.05, 4.69) is 41.6 Å². The summed E-state index contributed by atoms with van der Waals surface area (Å²) in [7, 11) is -3.00. The number of nitrogens with zero attached hydrogens (tertiary/aromatic N) is 2. The second-order valence-electron chi connectivity index (χ2n) is 7.17. The molecular weight excluding hydrogens is 362 g/mol. The Balaban J connectivity index is 1.68. The molecule has 1 unspecified atom stereocenters. The average molecular weight is 388 g/mol. The molecule has 1 aromatic carbocycles. The topological polar surface area (TPSA) is 81.1 Å². The molecule has 1 fully saturated rings. The van der Waals surface area contributed by atoms with E-state index in [1.165, 1.54) is 17.2 Å². The van der Waals surface area contributed by atoms with Crippen LogP contribution in [0, 0.1) is 20.8 Å². The highest BCUT2D eigenvalue weighted by Gasteiger charge is 2.28. The lowest BCUT2D eigenvalue weighted by atomic mass is 10.1. The van der Waals surface area contributed by atoms with Gasteiger partial charge in [-0.25, -0.2) is 8.42 Å². The summed E-state index contributed by atoms with van der Waals surface area (Å²) in [6.07, 6.45) is 3.69. The molecule has 1 aromatic heterocycles. The fourth-order valence-corrected chi connectivity index (χ4v) is 4.96. The van der Waals surface area contributed by atoms with Crippen molar-refractivity contribution in [3.63, 3.8) is 0 Å². The number of hydrogen-bond donors (Lipinski definition) is 1. The third-order valence-electron chi connectivity index (χ3n) is 4.87. The Labute approximate surface area is 160 Å². The molecule has 1 aliphatic rings. The molecule has 7 heteroatoms. The van der Waals surface area contributed by atoms with Gasteiger partial charge in [0.05, 0.1) is 23.7 Å². The summed E-state index contributed by atoms with van der Waals surface area (Å²) in [4.78, 5) is 12.1. The smallest absolute Gasteiger partial charge is 0.244 e. The molecule has 2 aromatic rings. The molecule has 3 rings (SSSR count). The first kappa shape index (κ1) is 19.4. The minimum absolute atomic E-state index is 0.0269. The summed E-state index contributed by atoms with van der Waals surface area (Å²) in [5, 5.41) is 7.35. The van der Waals surface area contributed by atoms with E-state index in [1.807, 2.05) is 18.5 Å². The van der Waals surface area contributed by atoms with Crippen LogP contribution in [0.2, 0.25) is 0 Å². The van der Waals surface area contributed by atoms with Crippen molar-refractivity contribution in [3.05, 3.63) is 58.4 Å². The standard InChI is InChI=1S/C20H25N3O3S/c1-14-4-6-17(7-5-14)12-23-16(3)19(15(2)22-23)8-9-20(24)21-18-10-11-27(25,26)13-18/h4-9,18H,10-13H2,1-3H3,(H,21,24)/b9-8+. The van der Waals surface area contributed by atoms with Crippen LogP contribution in [0.25, 0.3) is 6.08 Å². The minimum Gasteiger partial charge on any atom is -0.349 e. The predicted molar refractivity (Wildman–Crippen MR) is 106 cm³/mol. The SMILES string of the molecule is Cc1ccc(Cn2nc(C)c(/C=C/C(=O)NC3CCS(=O)(=O)C3)c2C)cc1. The third-order valence-corrected chi connectivity index (χ3v) is 6.64. The zero-order chi connectivity index (χ0) is 19.6. The number of carbonyl (C=O) groups is 1. The van der Waals surface area contributed by atoms with E-state index in [0.717, 1.165) is 17.0 Å². The van der Waals surface area contributed by atoms with Gasteiger partial charge in [-0.15, -0.1) is 0 Å². The lowest BCUT2D eigenvalue weighted by molar-refractivity contribution is -0.116. The van der Waals surface area contributed by atoms with Gasteiger partial charge in [0, 0.05) is 23.4 Å². The summed E-state index contributed by atoms with van der Waals surface area (Å²) in [5.74, 6) is -0.104. The van der Waals surface area contributed by atoms with Gasteiger partial charge in [-0.1, -0.05) is 29.8 Å². The number of sulfone groups is 1. The van der Waals surface area contributed by atoms with E-state index >= 15 is 0 Å². The van der Waals surface area contributed by atoms with Crippen LogP contribution in [0.4, 0.5) is 0 Å². The molecule has 1 saturated heterocycles. The van der Waals surface area contributed by atoms with Crippen LogP contribution in [0.5, 0.6) is 0 Å². The number of aromatic nitrogens is 2. The van der Waals surface area contributed by atoms with Crippen molar-refractivity contribution in [2.75, 3.05) is 11.5 Å². The van der Waals surface area contributed by atoms with Crippen LogP contribution in [0.15, 0.2) is 30.3 Å². The molecule has 0 aliphatic carbocycles. The first-order valence-electron chi connectivity index (χ1n) is 9.02. The highest BCUT2D eigenvalue weighted by atomic mass is 32.2. The van der Waals surface area contributed by atoms with Crippen molar-refractivity contribution in [2.45, 2.75) is 39.8 Å². The number of rotatable bonds is 5. The molecule has 144 valence electrons. The second-order valence-corrected chi connectivity index (χ2v) is 9.40. The molecule has 1 N–H and O–H groups in total. The van der Waals surface area contributed by atoms with Gasteiger partial charge in [0.25, 0.3) is 0 Å². The molecule has 0 bridgehead atoms. The molecule has 2 heterocycles. The van der Waals surface area contributed by atoms with Crippen molar-refractivity contribution in [1.29, 1.82) is 0 Å². The largest absolute Gasteiger partial charge is 0.349 e. The van der Waals surface area contributed by atoms with Crippen molar-refractivity contribution in [3.8, 4) is 0 Å². The Bertz CT molecular complexity index is 973. The number of nitrogens with one attached hydrogen (secondary N) is 1. The number of benzene rings is 1. The van der Waals surface area contributed by atoms with E-state index in [1.54, 1.807) is 6.08 Å². The number of hydrogen-bond acceptors (Lipinski definition) is 4. The normalized spacial score (nSPS) is 18.9. The van der Waals surface area contributed by atoms with E-state index in [9.17, 15) is 13.2 Å². The molecule has 1 atom stereocenters. The monoisotopic (exact) mass is 387 g/mol. The highest BCUT2D eigenvalue weighted by molar-refractivity contribution is 7.91. The van der Waals surface area contributed by atoms with Gasteiger partial charge in [-0.05, 0) is 38.8 Å². The molecule has 1 aliphatic heterocycles. The van der Waals surface area contributed by atoms with Crippen LogP contribution in [-0.2, 0) is 21.2 Å². The van der Waals surface area contributed by atoms with Gasteiger partial charge in [0.1, 0.15) is 0 Å². The molecular formula is C20H25N3O3S. The van der Waals surface area contributed by atoms with Gasteiger partial charge in [0.2, 0.25) is 5.91 Å². The zero-order valence-electron chi connectivity index (χ0n) is 15.9. The maximum absolute atomic E-state index is 12.1. The van der Waals surface area contributed by atoms with Crippen molar-refractivity contribution >= 4 is 21.8 Å². The molecule has 6 nitrogen and oxygen atoms in total. The Hall–Kier alpha value is -2.41. The summed E-state index contributed by atoms with van der Waals surface area (Å²) in [6.45, 7) is 6.63. The summed E-state index contributed by atoms with van der Waals surface area (Å²) in [6, 6.07) is 8.04. The first-order valence-corrected chi connectivity index (χ1v) is 10.8. The van der Waals surface area contributed by atoms with Crippen LogP contribution in [0.3, 0.4) is 0 Å². The van der Waals surface area contributed by atoms with Crippen LogP contribution < -0.4 is 5.32 Å².